The minimum Gasteiger partial charge on any atom is -0.381 e. The first-order chi connectivity index (χ1) is 17.6. The Hall–Kier alpha value is -3.20. The average Bonchev–Trinajstić information content (AvgIpc) is 2.91. The fourth-order valence-corrected chi connectivity index (χ4v) is 6.96. The van der Waals surface area contributed by atoms with Gasteiger partial charge in [-0.2, -0.15) is 0 Å². The summed E-state index contributed by atoms with van der Waals surface area (Å²) in [5.41, 5.74) is 5.11. The second-order valence-corrected chi connectivity index (χ2v) is 11.0. The van der Waals surface area contributed by atoms with Crippen molar-refractivity contribution in [1.29, 1.82) is 0 Å². The molecular formula is C28H26N4O2S2. The molecule has 6 rings (SSSR count). The molecule has 1 unspecified atom stereocenters. The molecule has 0 spiro atoms. The molecule has 1 atom stereocenters. The minimum atomic E-state index is -0.0907. The lowest BCUT2D eigenvalue weighted by Gasteiger charge is -2.35. The highest BCUT2D eigenvalue weighted by Crippen LogP contribution is 2.51. The van der Waals surface area contributed by atoms with E-state index in [1.54, 1.807) is 29.7 Å². The predicted octanol–water partition coefficient (Wildman–Crippen LogP) is 5.88. The summed E-state index contributed by atoms with van der Waals surface area (Å²) in [7, 11) is 0. The Balaban J connectivity index is 1.20. The molecular weight excluding hydrogens is 488 g/mol. The summed E-state index contributed by atoms with van der Waals surface area (Å²) in [5, 5.41) is 3.53. The Morgan fingerprint density at radius 3 is 2.89 bits per heavy atom. The number of aromatic amines is 1. The van der Waals surface area contributed by atoms with Gasteiger partial charge in [0, 0.05) is 63.0 Å². The van der Waals surface area contributed by atoms with Gasteiger partial charge in [0.25, 0.3) is 5.56 Å². The lowest BCUT2D eigenvalue weighted by atomic mass is 10.1. The summed E-state index contributed by atoms with van der Waals surface area (Å²) >= 11 is 3.60. The third kappa shape index (κ3) is 4.76. The zero-order valence-corrected chi connectivity index (χ0v) is 21.5. The Bertz CT molecular complexity index is 1450. The largest absolute Gasteiger partial charge is 0.381 e. The summed E-state index contributed by atoms with van der Waals surface area (Å²) < 4.78 is 6.22. The highest BCUT2D eigenvalue weighted by atomic mass is 32.2. The van der Waals surface area contributed by atoms with Gasteiger partial charge in [-0.1, -0.05) is 41.7 Å². The number of hydrogen-bond donors (Lipinski definition) is 2. The first kappa shape index (κ1) is 23.2. The number of hydrogen-bond acceptors (Lipinski definition) is 7. The van der Waals surface area contributed by atoms with Crippen LogP contribution in [0.2, 0.25) is 0 Å². The summed E-state index contributed by atoms with van der Waals surface area (Å²) in [6.45, 7) is 4.68. The van der Waals surface area contributed by atoms with E-state index in [0.717, 1.165) is 23.5 Å². The quantitative estimate of drug-likeness (QED) is 0.303. The van der Waals surface area contributed by atoms with Crippen molar-refractivity contribution in [3.8, 4) is 0 Å². The topological polar surface area (TPSA) is 70.2 Å². The van der Waals surface area contributed by atoms with Gasteiger partial charge in [-0.15, -0.1) is 0 Å². The predicted molar refractivity (Wildman–Crippen MR) is 145 cm³/mol. The number of anilines is 2. The van der Waals surface area contributed by atoms with Crippen LogP contribution in [-0.4, -0.2) is 29.7 Å². The van der Waals surface area contributed by atoms with Gasteiger partial charge >= 0.3 is 0 Å². The van der Waals surface area contributed by atoms with E-state index < -0.39 is 0 Å². The van der Waals surface area contributed by atoms with Crippen LogP contribution in [0.15, 0.2) is 97.4 Å². The first-order valence-electron chi connectivity index (χ1n) is 12.0. The Kier molecular flexibility index (Phi) is 6.48. The van der Waals surface area contributed by atoms with E-state index in [-0.39, 0.29) is 11.7 Å². The van der Waals surface area contributed by atoms with Gasteiger partial charge in [-0.3, -0.25) is 9.78 Å². The van der Waals surface area contributed by atoms with Crippen molar-refractivity contribution in [3.05, 3.63) is 100 Å². The number of rotatable bonds is 5. The second-order valence-electron chi connectivity index (χ2n) is 8.89. The maximum Gasteiger partial charge on any atom is 0.271 e. The zero-order valence-electron chi connectivity index (χ0n) is 19.9. The van der Waals surface area contributed by atoms with Crippen LogP contribution in [0.1, 0.15) is 22.9 Å². The molecule has 0 saturated carbocycles. The van der Waals surface area contributed by atoms with Crippen molar-refractivity contribution in [2.45, 2.75) is 39.2 Å². The van der Waals surface area contributed by atoms with Gasteiger partial charge in [0.1, 0.15) is 11.8 Å². The normalized spacial score (nSPS) is 16.8. The third-order valence-electron chi connectivity index (χ3n) is 6.41. The number of ether oxygens (including phenoxy) is 1. The number of aryl methyl sites for hydroxylation is 1. The molecule has 4 aromatic rings. The molecule has 4 heterocycles. The highest BCUT2D eigenvalue weighted by Gasteiger charge is 2.29. The van der Waals surface area contributed by atoms with Gasteiger partial charge in [0.05, 0.1) is 6.61 Å². The molecule has 0 bridgehead atoms. The van der Waals surface area contributed by atoms with Crippen LogP contribution in [0.5, 0.6) is 0 Å². The van der Waals surface area contributed by atoms with Crippen LogP contribution in [-0.2, 0) is 11.3 Å². The molecule has 2 aliphatic rings. The van der Waals surface area contributed by atoms with Gasteiger partial charge in [0.2, 0.25) is 0 Å². The number of H-pyrrole nitrogens is 1. The van der Waals surface area contributed by atoms with Crippen LogP contribution < -0.4 is 15.8 Å². The van der Waals surface area contributed by atoms with Crippen LogP contribution in [0.3, 0.4) is 0 Å². The van der Waals surface area contributed by atoms with Crippen molar-refractivity contribution >= 4 is 34.9 Å². The number of aromatic nitrogens is 2. The Labute approximate surface area is 218 Å². The fourth-order valence-electron chi connectivity index (χ4n) is 4.51. The summed E-state index contributed by atoms with van der Waals surface area (Å²) in [4.78, 5) is 26.6. The van der Waals surface area contributed by atoms with Crippen molar-refractivity contribution in [3.63, 3.8) is 0 Å². The number of pyridine rings is 2. The van der Waals surface area contributed by atoms with E-state index in [1.807, 2.05) is 31.3 Å². The summed E-state index contributed by atoms with van der Waals surface area (Å²) in [6.07, 6.45) is 3.50. The molecule has 6 nitrogen and oxygen atoms in total. The summed E-state index contributed by atoms with van der Waals surface area (Å²) in [5.74, 6) is 0. The van der Waals surface area contributed by atoms with E-state index in [1.165, 1.54) is 25.1 Å². The van der Waals surface area contributed by atoms with Crippen molar-refractivity contribution in [1.82, 2.24) is 9.97 Å². The number of fused-ring (bicyclic) bond motifs is 2. The van der Waals surface area contributed by atoms with Crippen LogP contribution in [0, 0.1) is 6.92 Å². The second kappa shape index (κ2) is 10.0. The van der Waals surface area contributed by atoms with Crippen LogP contribution in [0.4, 0.5) is 11.4 Å². The van der Waals surface area contributed by atoms with Gasteiger partial charge < -0.3 is 19.9 Å². The van der Waals surface area contributed by atoms with Gasteiger partial charge in [0.15, 0.2) is 0 Å². The van der Waals surface area contributed by atoms with E-state index in [0.29, 0.717) is 25.4 Å². The van der Waals surface area contributed by atoms with E-state index in [2.05, 4.69) is 62.6 Å². The Morgan fingerprint density at radius 1 is 1.08 bits per heavy atom. The first-order valence-corrected chi connectivity index (χ1v) is 13.6. The van der Waals surface area contributed by atoms with Crippen LogP contribution >= 0.6 is 23.5 Å². The van der Waals surface area contributed by atoms with Crippen LogP contribution in [0.25, 0.3) is 0 Å². The lowest BCUT2D eigenvalue weighted by molar-refractivity contribution is 0.0378. The molecule has 2 N–H and O–H groups in total. The molecule has 2 aromatic carbocycles. The monoisotopic (exact) mass is 514 g/mol. The molecule has 2 aromatic heterocycles. The van der Waals surface area contributed by atoms with Gasteiger partial charge in [-0.05, 0) is 60.5 Å². The number of morpholine rings is 1. The molecule has 1 saturated heterocycles. The van der Waals surface area contributed by atoms with E-state index >= 15 is 0 Å². The molecule has 0 aliphatic carbocycles. The van der Waals surface area contributed by atoms with Gasteiger partial charge in [-0.25, -0.2) is 0 Å². The maximum absolute atomic E-state index is 12.3. The maximum atomic E-state index is 12.3. The van der Waals surface area contributed by atoms with Crippen molar-refractivity contribution < 1.29 is 4.74 Å². The molecule has 1 fully saturated rings. The Morgan fingerprint density at radius 2 is 2.03 bits per heavy atom. The minimum absolute atomic E-state index is 0.0600. The molecule has 2 aliphatic heterocycles. The van der Waals surface area contributed by atoms with Crippen molar-refractivity contribution in [2.24, 2.45) is 0 Å². The number of nitrogens with zero attached hydrogens (tertiary/aromatic N) is 2. The lowest BCUT2D eigenvalue weighted by Crippen LogP contribution is -2.41. The van der Waals surface area contributed by atoms with Crippen molar-refractivity contribution in [2.75, 3.05) is 29.9 Å². The third-order valence-corrected chi connectivity index (χ3v) is 9.02. The molecule has 36 heavy (non-hydrogen) atoms. The fraction of sp³-hybridized carbons (Fsp3) is 0.214. The highest BCUT2D eigenvalue weighted by molar-refractivity contribution is 8.05. The average molecular weight is 515 g/mol. The SMILES string of the molecule is Cc1ccc(CNc2ccc3c(c2)Sc2cccc(C4CN(c5ccc[nH]c5=O)CCO4)c2S3)cn1. The van der Waals surface area contributed by atoms with E-state index in [4.69, 9.17) is 4.74 Å². The molecule has 0 radical (unpaired) electrons. The summed E-state index contributed by atoms with van der Waals surface area (Å²) in [6, 6.07) is 20.9. The zero-order chi connectivity index (χ0) is 24.5. The van der Waals surface area contributed by atoms with E-state index in [9.17, 15) is 4.79 Å². The molecule has 0 amide bonds. The molecule has 182 valence electrons. The molecule has 8 heteroatoms. The standard InChI is InChI=1S/C28H26N4O2S2/c1-18-7-8-19(15-30-18)16-31-20-9-10-24-26(14-20)35-25-6-2-4-21(27(25)36-24)23-17-32(12-13-34-23)22-5-3-11-29-28(22)33/h2-11,14-15,23,31H,12-13,16-17H2,1H3,(H,29,33). The number of benzene rings is 2. The smallest absolute Gasteiger partial charge is 0.271 e. The number of nitrogens with one attached hydrogen (secondary N) is 2.